The van der Waals surface area contributed by atoms with Crippen LogP contribution in [0.3, 0.4) is 0 Å². The molecule has 2 aromatic carbocycles. The average molecular weight is 417 g/mol. The number of rotatable bonds is 2. The molecule has 2 heterocycles. The van der Waals surface area contributed by atoms with Crippen LogP contribution in [0, 0.1) is 5.82 Å². The van der Waals surface area contributed by atoms with Crippen LogP contribution in [0.4, 0.5) is 21.5 Å². The third-order valence-electron chi connectivity index (χ3n) is 5.02. The van der Waals surface area contributed by atoms with E-state index in [2.05, 4.69) is 10.6 Å². The van der Waals surface area contributed by atoms with Crippen LogP contribution < -0.4 is 15.5 Å². The Morgan fingerprint density at radius 2 is 1.83 bits per heavy atom. The summed E-state index contributed by atoms with van der Waals surface area (Å²) in [6, 6.07) is 9.61. The molecule has 1 saturated heterocycles. The van der Waals surface area contributed by atoms with Crippen LogP contribution in [0.1, 0.15) is 5.56 Å². The number of fused-ring (bicyclic) bond motifs is 1. The molecule has 0 aliphatic carbocycles. The summed E-state index contributed by atoms with van der Waals surface area (Å²) >= 11 is 5.71. The standard InChI is InChI=1S/C20H18ClFN4O3/c21-15-3-2-14(11-16(15)22)25-5-7-26(8-6-25)20(29)19(28)23-13-1-4-17-12(9-13)10-18(27)24-17/h1-4,9,11H,5-8,10H2,(H,23,28)(H,24,27). The molecular formula is C20H18ClFN4O3. The number of piperazine rings is 1. The predicted molar refractivity (Wildman–Crippen MR) is 108 cm³/mol. The summed E-state index contributed by atoms with van der Waals surface area (Å²) in [5, 5.41) is 5.37. The van der Waals surface area contributed by atoms with E-state index in [9.17, 15) is 18.8 Å². The van der Waals surface area contributed by atoms with Gasteiger partial charge in [-0.1, -0.05) is 11.6 Å². The fourth-order valence-electron chi connectivity index (χ4n) is 3.48. The van der Waals surface area contributed by atoms with E-state index >= 15 is 0 Å². The Morgan fingerprint density at radius 3 is 2.55 bits per heavy atom. The molecule has 0 saturated carbocycles. The van der Waals surface area contributed by atoms with Crippen molar-refractivity contribution in [2.75, 3.05) is 41.7 Å². The first kappa shape index (κ1) is 19.2. The largest absolute Gasteiger partial charge is 0.368 e. The molecule has 7 nitrogen and oxygen atoms in total. The summed E-state index contributed by atoms with van der Waals surface area (Å²) in [5.41, 5.74) is 2.65. The first-order chi connectivity index (χ1) is 13.9. The van der Waals surface area contributed by atoms with Gasteiger partial charge in [-0.05, 0) is 42.0 Å². The van der Waals surface area contributed by atoms with Gasteiger partial charge in [-0.2, -0.15) is 0 Å². The third kappa shape index (κ3) is 4.02. The second kappa shape index (κ2) is 7.71. The van der Waals surface area contributed by atoms with Crippen LogP contribution in [-0.4, -0.2) is 48.8 Å². The van der Waals surface area contributed by atoms with Crippen LogP contribution >= 0.6 is 11.6 Å². The molecule has 9 heteroatoms. The third-order valence-corrected chi connectivity index (χ3v) is 5.32. The fraction of sp³-hybridized carbons (Fsp3) is 0.250. The zero-order chi connectivity index (χ0) is 20.5. The Bertz CT molecular complexity index is 1010. The lowest BCUT2D eigenvalue weighted by Crippen LogP contribution is -2.51. The number of benzene rings is 2. The van der Waals surface area contributed by atoms with Crippen molar-refractivity contribution in [1.29, 1.82) is 0 Å². The molecule has 0 aromatic heterocycles. The monoisotopic (exact) mass is 416 g/mol. The molecule has 2 aromatic rings. The number of halogens is 2. The molecule has 150 valence electrons. The molecule has 0 radical (unpaired) electrons. The van der Waals surface area contributed by atoms with E-state index in [4.69, 9.17) is 11.6 Å². The van der Waals surface area contributed by atoms with Gasteiger partial charge in [0.1, 0.15) is 5.82 Å². The van der Waals surface area contributed by atoms with Gasteiger partial charge in [0.05, 0.1) is 11.4 Å². The van der Waals surface area contributed by atoms with Crippen molar-refractivity contribution in [3.8, 4) is 0 Å². The summed E-state index contributed by atoms with van der Waals surface area (Å²) in [7, 11) is 0. The molecule has 0 atom stereocenters. The molecule has 2 N–H and O–H groups in total. The molecule has 2 aliphatic heterocycles. The quantitative estimate of drug-likeness (QED) is 0.736. The number of hydrogen-bond donors (Lipinski definition) is 2. The summed E-state index contributed by atoms with van der Waals surface area (Å²) in [6.45, 7) is 1.65. The second-order valence-electron chi connectivity index (χ2n) is 6.93. The lowest BCUT2D eigenvalue weighted by molar-refractivity contribution is -0.143. The molecule has 4 rings (SSSR count). The number of nitrogens with zero attached hydrogens (tertiary/aromatic N) is 2. The highest BCUT2D eigenvalue weighted by atomic mass is 35.5. The molecule has 0 spiro atoms. The minimum atomic E-state index is -0.728. The topological polar surface area (TPSA) is 81.8 Å². The number of amides is 3. The lowest BCUT2D eigenvalue weighted by atomic mass is 10.1. The summed E-state index contributed by atoms with van der Waals surface area (Å²) in [6.07, 6.45) is 0.250. The van der Waals surface area contributed by atoms with Crippen molar-refractivity contribution in [3.05, 3.63) is 52.8 Å². The molecular weight excluding hydrogens is 399 g/mol. The predicted octanol–water partition coefficient (Wildman–Crippen LogP) is 2.26. The zero-order valence-corrected chi connectivity index (χ0v) is 16.1. The van der Waals surface area contributed by atoms with Gasteiger partial charge in [0.2, 0.25) is 5.91 Å². The van der Waals surface area contributed by atoms with Crippen LogP contribution in [0.5, 0.6) is 0 Å². The van der Waals surface area contributed by atoms with E-state index in [1.54, 1.807) is 24.3 Å². The Balaban J connectivity index is 1.34. The highest BCUT2D eigenvalue weighted by molar-refractivity contribution is 6.39. The second-order valence-corrected chi connectivity index (χ2v) is 7.34. The summed E-state index contributed by atoms with van der Waals surface area (Å²) in [4.78, 5) is 39.7. The van der Waals surface area contributed by atoms with E-state index in [-0.39, 0.29) is 17.4 Å². The van der Waals surface area contributed by atoms with E-state index in [0.717, 1.165) is 5.56 Å². The smallest absolute Gasteiger partial charge is 0.313 e. The van der Waals surface area contributed by atoms with E-state index in [1.165, 1.54) is 17.0 Å². The van der Waals surface area contributed by atoms with Crippen molar-refractivity contribution in [2.24, 2.45) is 0 Å². The first-order valence-corrected chi connectivity index (χ1v) is 9.51. The minimum Gasteiger partial charge on any atom is -0.368 e. The van der Waals surface area contributed by atoms with Crippen molar-refractivity contribution in [1.82, 2.24) is 4.90 Å². The maximum Gasteiger partial charge on any atom is 0.313 e. The number of hydrogen-bond acceptors (Lipinski definition) is 4. The van der Waals surface area contributed by atoms with Crippen LogP contribution in [-0.2, 0) is 20.8 Å². The van der Waals surface area contributed by atoms with Gasteiger partial charge >= 0.3 is 11.8 Å². The highest BCUT2D eigenvalue weighted by Gasteiger charge is 2.27. The highest BCUT2D eigenvalue weighted by Crippen LogP contribution is 2.26. The van der Waals surface area contributed by atoms with Gasteiger partial charge in [-0.3, -0.25) is 14.4 Å². The normalized spacial score (nSPS) is 15.7. The number of carbonyl (C=O) groups is 3. The Labute approximate surface area is 171 Å². The minimum absolute atomic E-state index is 0.0611. The molecule has 3 amide bonds. The Hall–Kier alpha value is -3.13. The average Bonchev–Trinajstić information content (AvgIpc) is 3.09. The number of anilines is 3. The lowest BCUT2D eigenvalue weighted by Gasteiger charge is -2.35. The zero-order valence-electron chi connectivity index (χ0n) is 15.4. The number of carbonyl (C=O) groups excluding carboxylic acids is 3. The van der Waals surface area contributed by atoms with Crippen LogP contribution in [0.2, 0.25) is 5.02 Å². The molecule has 0 bridgehead atoms. The molecule has 0 unspecified atom stereocenters. The number of nitrogens with one attached hydrogen (secondary N) is 2. The summed E-state index contributed by atoms with van der Waals surface area (Å²) < 4.78 is 13.7. The SMILES string of the molecule is O=C1Cc2cc(NC(=O)C(=O)N3CCN(c4ccc(Cl)c(F)c4)CC3)ccc2N1. The summed E-state index contributed by atoms with van der Waals surface area (Å²) in [5.74, 6) is -1.94. The van der Waals surface area contributed by atoms with Crippen molar-refractivity contribution in [2.45, 2.75) is 6.42 Å². The van der Waals surface area contributed by atoms with Gasteiger partial charge < -0.3 is 20.4 Å². The maximum absolute atomic E-state index is 13.7. The maximum atomic E-state index is 13.7. The van der Waals surface area contributed by atoms with E-state index < -0.39 is 17.6 Å². The van der Waals surface area contributed by atoms with E-state index in [1.807, 2.05) is 4.90 Å². The Kier molecular flexibility index (Phi) is 5.10. The van der Waals surface area contributed by atoms with E-state index in [0.29, 0.717) is 43.2 Å². The Morgan fingerprint density at radius 1 is 1.07 bits per heavy atom. The van der Waals surface area contributed by atoms with Gasteiger partial charge in [0.15, 0.2) is 0 Å². The van der Waals surface area contributed by atoms with Crippen molar-refractivity contribution < 1.29 is 18.8 Å². The van der Waals surface area contributed by atoms with Crippen molar-refractivity contribution in [3.63, 3.8) is 0 Å². The first-order valence-electron chi connectivity index (χ1n) is 9.14. The molecule has 2 aliphatic rings. The molecule has 29 heavy (non-hydrogen) atoms. The fourth-order valence-corrected chi connectivity index (χ4v) is 3.60. The van der Waals surface area contributed by atoms with Gasteiger partial charge in [0, 0.05) is 43.2 Å². The van der Waals surface area contributed by atoms with Crippen molar-refractivity contribution >= 4 is 46.4 Å². The van der Waals surface area contributed by atoms with Crippen LogP contribution in [0.15, 0.2) is 36.4 Å². The van der Waals surface area contributed by atoms with Crippen LogP contribution in [0.25, 0.3) is 0 Å². The van der Waals surface area contributed by atoms with Gasteiger partial charge in [0.25, 0.3) is 0 Å². The van der Waals surface area contributed by atoms with Gasteiger partial charge in [-0.15, -0.1) is 0 Å². The molecule has 1 fully saturated rings. The van der Waals surface area contributed by atoms with Gasteiger partial charge in [-0.25, -0.2) is 4.39 Å².